The van der Waals surface area contributed by atoms with Crippen molar-refractivity contribution in [3.05, 3.63) is 59.7 Å². The summed E-state index contributed by atoms with van der Waals surface area (Å²) in [7, 11) is -1.14. The van der Waals surface area contributed by atoms with Crippen LogP contribution in [-0.4, -0.2) is 42.8 Å². The van der Waals surface area contributed by atoms with Crippen molar-refractivity contribution in [3.63, 3.8) is 0 Å². The molecule has 0 atom stereocenters. The summed E-state index contributed by atoms with van der Waals surface area (Å²) in [6.45, 7) is 26.4. The molecule has 210 valence electrons. The first kappa shape index (κ1) is 35.9. The van der Waals surface area contributed by atoms with Crippen LogP contribution in [0.5, 0.6) is 0 Å². The van der Waals surface area contributed by atoms with Gasteiger partial charge in [0.2, 0.25) is 0 Å². The van der Waals surface area contributed by atoms with E-state index in [1.54, 1.807) is 24.3 Å². The number of carboxylic acid groups (broad SMARTS) is 2. The van der Waals surface area contributed by atoms with Crippen molar-refractivity contribution in [1.29, 1.82) is 0 Å². The van der Waals surface area contributed by atoms with E-state index in [0.717, 1.165) is 10.6 Å². The van der Waals surface area contributed by atoms with Gasteiger partial charge in [-0.1, -0.05) is 135 Å². The third-order valence-electron chi connectivity index (χ3n) is 5.43. The topological polar surface area (TPSA) is 74.6 Å². The zero-order valence-corrected chi connectivity index (χ0v) is 27.9. The summed E-state index contributed by atoms with van der Waals surface area (Å²) in [6, 6.07) is 14.9. The van der Waals surface area contributed by atoms with E-state index >= 15 is 0 Å². The average Bonchev–Trinajstić information content (AvgIpc) is 2.64. The Kier molecular flexibility index (Phi) is 12.9. The van der Waals surface area contributed by atoms with Crippen LogP contribution in [0.3, 0.4) is 0 Å². The molecule has 0 radical (unpaired) electrons. The molecule has 0 heterocycles. The number of aromatic carboxylic acids is 2. The van der Waals surface area contributed by atoms with E-state index in [4.69, 9.17) is 0 Å². The largest absolute Gasteiger partial charge is 0.478 e. The maximum Gasteiger partial charge on any atom is 0.336 e. The summed E-state index contributed by atoms with van der Waals surface area (Å²) in [5, 5.41) is 21.0. The molecule has 0 saturated carbocycles. The summed E-state index contributed by atoms with van der Waals surface area (Å²) in [5.74, 6) is -1.65. The first-order chi connectivity index (χ1) is 16.1. The van der Waals surface area contributed by atoms with E-state index in [-0.39, 0.29) is 41.0 Å². The van der Waals surface area contributed by atoms with Crippen LogP contribution in [0.25, 0.3) is 0 Å². The monoisotopic (exact) mass is 638 g/mol. The van der Waals surface area contributed by atoms with Gasteiger partial charge in [0.15, 0.2) is 0 Å². The van der Waals surface area contributed by atoms with Crippen molar-refractivity contribution in [2.75, 3.05) is 0 Å². The summed E-state index contributed by atoms with van der Waals surface area (Å²) in [6.07, 6.45) is 0. The Bertz CT molecular complexity index is 941. The molecule has 2 N–H and O–H groups in total. The molecule has 0 fully saturated rings. The second-order valence-corrected chi connectivity index (χ2v) is 20.7. The van der Waals surface area contributed by atoms with Crippen molar-refractivity contribution < 1.29 is 40.2 Å². The van der Waals surface area contributed by atoms with Gasteiger partial charge in [-0.25, -0.2) is 9.59 Å². The van der Waals surface area contributed by atoms with Crippen molar-refractivity contribution in [3.8, 4) is 0 Å². The van der Waals surface area contributed by atoms with Gasteiger partial charge in [0.1, 0.15) is 0 Å². The molecule has 2 aromatic rings. The minimum atomic E-state index is -0.827. The van der Waals surface area contributed by atoms with Crippen LogP contribution in [0.4, 0.5) is 0 Å². The first-order valence-corrected chi connectivity index (χ1v) is 15.0. The molecule has 2 rings (SSSR count). The summed E-state index contributed by atoms with van der Waals surface area (Å²) in [4.78, 5) is 22.8. The molecule has 0 bridgehead atoms. The normalized spacial score (nSPS) is 12.5. The van der Waals surface area contributed by atoms with Gasteiger partial charge in [0.05, 0.1) is 11.1 Å². The predicted octanol–water partition coefficient (Wildman–Crippen LogP) is 8.18. The third-order valence-corrected chi connectivity index (χ3v) is 12.5. The molecule has 2 aromatic carbocycles. The average molecular weight is 639 g/mol. The number of carbonyl (C=O) groups is 2. The van der Waals surface area contributed by atoms with E-state index in [2.05, 4.69) is 83.1 Å². The molecular weight excluding hydrogens is 593 g/mol. The molecular formula is C30H46O4P2Pd. The standard InChI is InChI=1S/2C15H23O2P.Pd/c2*1-14(2,3)18(15(4,5)6)12-10-8-7-9-11(12)13(16)17;/h2*7-10H,1-6H3,(H,16,17);. The Morgan fingerprint density at radius 1 is 0.514 bits per heavy atom. The molecule has 0 unspecified atom stereocenters. The quantitative estimate of drug-likeness (QED) is 0.262. The Morgan fingerprint density at radius 3 is 0.919 bits per heavy atom. The first-order valence-electron chi connectivity index (χ1n) is 12.4. The molecule has 0 aliphatic carbocycles. The zero-order chi connectivity index (χ0) is 28.3. The molecule has 0 amide bonds. The van der Waals surface area contributed by atoms with Crippen LogP contribution in [0.2, 0.25) is 0 Å². The minimum absolute atomic E-state index is 0. The minimum Gasteiger partial charge on any atom is -0.478 e. The van der Waals surface area contributed by atoms with Crippen LogP contribution >= 0.6 is 15.8 Å². The van der Waals surface area contributed by atoms with Gasteiger partial charge in [-0.05, 0) is 43.4 Å². The molecule has 37 heavy (non-hydrogen) atoms. The maximum atomic E-state index is 11.4. The van der Waals surface area contributed by atoms with Crippen molar-refractivity contribution >= 4 is 38.4 Å². The van der Waals surface area contributed by atoms with E-state index in [1.807, 2.05) is 24.3 Å². The molecule has 0 aromatic heterocycles. The van der Waals surface area contributed by atoms with Gasteiger partial charge in [-0.2, -0.15) is 0 Å². The van der Waals surface area contributed by atoms with Gasteiger partial charge in [0.25, 0.3) is 0 Å². The molecule has 0 spiro atoms. The Morgan fingerprint density at radius 2 is 0.730 bits per heavy atom. The van der Waals surface area contributed by atoms with Gasteiger partial charge < -0.3 is 10.2 Å². The van der Waals surface area contributed by atoms with Crippen molar-refractivity contribution in [2.24, 2.45) is 0 Å². The smallest absolute Gasteiger partial charge is 0.336 e. The van der Waals surface area contributed by atoms with E-state index in [0.29, 0.717) is 11.1 Å². The fourth-order valence-electron chi connectivity index (χ4n) is 5.16. The van der Waals surface area contributed by atoms with Crippen molar-refractivity contribution in [1.82, 2.24) is 0 Å². The fraction of sp³-hybridized carbons (Fsp3) is 0.533. The van der Waals surface area contributed by atoms with Crippen LogP contribution in [0.15, 0.2) is 48.5 Å². The number of hydrogen-bond acceptors (Lipinski definition) is 2. The van der Waals surface area contributed by atoms with Crippen LogP contribution in [0, 0.1) is 0 Å². The molecule has 0 aliphatic heterocycles. The van der Waals surface area contributed by atoms with Gasteiger partial charge >= 0.3 is 11.9 Å². The van der Waals surface area contributed by atoms with Gasteiger partial charge in [-0.15, -0.1) is 0 Å². The van der Waals surface area contributed by atoms with Crippen LogP contribution in [-0.2, 0) is 20.4 Å². The Labute approximate surface area is 241 Å². The SMILES string of the molecule is CC(C)(C)P(c1ccccc1C(=O)O)C(C)(C)C.CC(C)(C)P(c1ccccc1C(=O)O)C(C)(C)C.[Pd]. The van der Waals surface area contributed by atoms with E-state index < -0.39 is 27.8 Å². The second-order valence-electron chi connectivity index (χ2n) is 13.0. The number of rotatable bonds is 4. The fourth-order valence-corrected chi connectivity index (χ4v) is 13.4. The third kappa shape index (κ3) is 10.2. The summed E-state index contributed by atoms with van der Waals surface area (Å²) >= 11 is 0. The Hall–Kier alpha value is -1.10. The number of benzene rings is 2. The molecule has 0 aliphatic rings. The number of hydrogen-bond donors (Lipinski definition) is 2. The van der Waals surface area contributed by atoms with Gasteiger partial charge in [0, 0.05) is 20.4 Å². The van der Waals surface area contributed by atoms with Crippen LogP contribution < -0.4 is 10.6 Å². The van der Waals surface area contributed by atoms with E-state index in [9.17, 15) is 19.8 Å². The number of carboxylic acids is 2. The summed E-state index contributed by atoms with van der Waals surface area (Å²) in [5.41, 5.74) is 0.905. The van der Waals surface area contributed by atoms with E-state index in [1.165, 1.54) is 0 Å². The second kappa shape index (κ2) is 13.3. The molecule has 4 nitrogen and oxygen atoms in total. The molecule has 0 saturated heterocycles. The zero-order valence-electron chi connectivity index (χ0n) is 24.5. The summed E-state index contributed by atoms with van der Waals surface area (Å²) < 4.78 is 0. The maximum absolute atomic E-state index is 11.4. The van der Waals surface area contributed by atoms with Crippen molar-refractivity contribution in [2.45, 2.75) is 104 Å². The molecule has 7 heteroatoms. The van der Waals surface area contributed by atoms with Crippen LogP contribution in [0.1, 0.15) is 104 Å². The van der Waals surface area contributed by atoms with Gasteiger partial charge in [-0.3, -0.25) is 0 Å². The Balaban J connectivity index is 0.000000682. The predicted molar refractivity (Wildman–Crippen MR) is 159 cm³/mol.